The largest absolute Gasteiger partial charge is 0.446 e. The van der Waals surface area contributed by atoms with Gasteiger partial charge in [-0.05, 0) is 11.5 Å². The van der Waals surface area contributed by atoms with Gasteiger partial charge in [-0.1, -0.05) is 50.8 Å². The third-order valence-corrected chi connectivity index (χ3v) is 3.45. The molecule has 0 saturated carbocycles. The molecule has 0 radical (unpaired) electrons. The van der Waals surface area contributed by atoms with E-state index in [-0.39, 0.29) is 12.0 Å². The van der Waals surface area contributed by atoms with Crippen LogP contribution >= 0.6 is 0 Å². The second-order valence-corrected chi connectivity index (χ2v) is 4.55. The molecule has 0 N–H and O–H groups in total. The molecule has 2 rings (SSSR count). The highest BCUT2D eigenvalue weighted by Gasteiger charge is 2.49. The van der Waals surface area contributed by atoms with Gasteiger partial charge in [-0.3, -0.25) is 4.90 Å². The molecule has 1 aliphatic heterocycles. The van der Waals surface area contributed by atoms with E-state index in [0.717, 1.165) is 5.56 Å². The van der Waals surface area contributed by atoms with Crippen molar-refractivity contribution in [2.45, 2.75) is 19.4 Å². The second kappa shape index (κ2) is 4.24. The minimum Gasteiger partial charge on any atom is -0.446 e. The normalized spacial score (nSPS) is 23.9. The summed E-state index contributed by atoms with van der Waals surface area (Å²) in [6.07, 6.45) is 1.24. The van der Waals surface area contributed by atoms with Gasteiger partial charge < -0.3 is 4.74 Å². The fourth-order valence-corrected chi connectivity index (χ4v) is 2.44. The average molecular weight is 231 g/mol. The summed E-state index contributed by atoms with van der Waals surface area (Å²) in [5.74, 6) is 0.245. The summed E-state index contributed by atoms with van der Waals surface area (Å²) in [6, 6.07) is 9.97. The van der Waals surface area contributed by atoms with Crippen LogP contribution in [0.1, 0.15) is 19.4 Å². The third-order valence-electron chi connectivity index (χ3n) is 3.45. The Morgan fingerprint density at radius 3 is 2.59 bits per heavy atom. The van der Waals surface area contributed by atoms with E-state index in [1.54, 1.807) is 11.1 Å². The van der Waals surface area contributed by atoms with Crippen LogP contribution in [0.15, 0.2) is 43.1 Å². The lowest BCUT2D eigenvalue weighted by atomic mass is 9.80. The predicted molar refractivity (Wildman–Crippen MR) is 66.3 cm³/mol. The molecule has 1 heterocycles. The average Bonchev–Trinajstić information content (AvgIpc) is 2.68. The first kappa shape index (κ1) is 11.7. The van der Waals surface area contributed by atoms with Crippen LogP contribution in [0.2, 0.25) is 0 Å². The minimum atomic E-state index is -0.430. The number of hydrogen-bond acceptors (Lipinski definition) is 2. The van der Waals surface area contributed by atoms with Crippen molar-refractivity contribution >= 4 is 6.09 Å². The lowest BCUT2D eigenvalue weighted by Gasteiger charge is -2.37. The first-order chi connectivity index (χ1) is 8.13. The predicted octanol–water partition coefficient (Wildman–Crippen LogP) is 3.13. The van der Waals surface area contributed by atoms with Crippen molar-refractivity contribution in [2.24, 2.45) is 5.92 Å². The quantitative estimate of drug-likeness (QED) is 0.799. The van der Waals surface area contributed by atoms with Gasteiger partial charge in [-0.2, -0.15) is 0 Å². The molecule has 1 atom stereocenters. The van der Waals surface area contributed by atoms with E-state index >= 15 is 0 Å². The Balaban J connectivity index is 2.54. The molecule has 0 aliphatic carbocycles. The van der Waals surface area contributed by atoms with E-state index < -0.39 is 5.54 Å². The SMILES string of the molecule is C=CN1C(=O)OC[C@]1(c1ccccc1)C(C)C. The van der Waals surface area contributed by atoms with Crippen molar-refractivity contribution in [1.29, 1.82) is 0 Å². The Morgan fingerprint density at radius 2 is 2.06 bits per heavy atom. The number of benzene rings is 1. The van der Waals surface area contributed by atoms with Crippen molar-refractivity contribution in [3.8, 4) is 0 Å². The summed E-state index contributed by atoms with van der Waals surface area (Å²) in [4.78, 5) is 13.3. The standard InChI is InChI=1S/C14H17NO2/c1-4-15-13(16)17-10-14(15,11(2)3)12-8-6-5-7-9-12/h4-9,11H,1,10H2,2-3H3/t14-/m1/s1. The zero-order chi connectivity index (χ0) is 12.5. The summed E-state index contributed by atoms with van der Waals surface area (Å²) < 4.78 is 5.20. The number of ether oxygens (including phenoxy) is 1. The highest BCUT2D eigenvalue weighted by atomic mass is 16.6. The molecule has 3 heteroatoms. The van der Waals surface area contributed by atoms with E-state index in [1.807, 2.05) is 30.3 Å². The van der Waals surface area contributed by atoms with Crippen molar-refractivity contribution in [3.63, 3.8) is 0 Å². The zero-order valence-electron chi connectivity index (χ0n) is 10.2. The molecule has 1 amide bonds. The van der Waals surface area contributed by atoms with Gasteiger partial charge in [0.15, 0.2) is 0 Å². The van der Waals surface area contributed by atoms with Gasteiger partial charge in [-0.15, -0.1) is 0 Å². The third kappa shape index (κ3) is 1.62. The van der Waals surface area contributed by atoms with Crippen LogP contribution in [-0.2, 0) is 10.3 Å². The Bertz CT molecular complexity index is 427. The van der Waals surface area contributed by atoms with Gasteiger partial charge in [0.2, 0.25) is 0 Å². The van der Waals surface area contributed by atoms with Gasteiger partial charge in [-0.25, -0.2) is 4.79 Å². The molecule has 3 nitrogen and oxygen atoms in total. The van der Waals surface area contributed by atoms with Crippen molar-refractivity contribution in [2.75, 3.05) is 6.61 Å². The molecule has 90 valence electrons. The van der Waals surface area contributed by atoms with E-state index in [0.29, 0.717) is 6.61 Å². The number of cyclic esters (lactones) is 1. The molecule has 0 aromatic heterocycles. The molecular weight excluding hydrogens is 214 g/mol. The molecular formula is C14H17NO2. The van der Waals surface area contributed by atoms with Gasteiger partial charge in [0, 0.05) is 6.20 Å². The number of amides is 1. The fourth-order valence-electron chi connectivity index (χ4n) is 2.44. The smallest absolute Gasteiger partial charge is 0.414 e. The van der Waals surface area contributed by atoms with Gasteiger partial charge >= 0.3 is 6.09 Å². The summed E-state index contributed by atoms with van der Waals surface area (Å²) in [6.45, 7) is 8.27. The number of rotatable bonds is 3. The van der Waals surface area contributed by atoms with Crippen LogP contribution in [-0.4, -0.2) is 17.6 Å². The summed E-state index contributed by atoms with van der Waals surface area (Å²) >= 11 is 0. The van der Waals surface area contributed by atoms with E-state index in [4.69, 9.17) is 4.74 Å². The highest BCUT2D eigenvalue weighted by Crippen LogP contribution is 2.41. The summed E-state index contributed by atoms with van der Waals surface area (Å²) in [5, 5.41) is 0. The van der Waals surface area contributed by atoms with Crippen LogP contribution in [0.4, 0.5) is 4.79 Å². The molecule has 1 aromatic rings. The first-order valence-corrected chi connectivity index (χ1v) is 5.77. The maximum atomic E-state index is 11.7. The molecule has 1 fully saturated rings. The van der Waals surface area contributed by atoms with E-state index in [1.165, 1.54) is 0 Å². The van der Waals surface area contributed by atoms with E-state index in [9.17, 15) is 4.79 Å². The van der Waals surface area contributed by atoms with Gasteiger partial charge in [0.25, 0.3) is 0 Å². The molecule has 17 heavy (non-hydrogen) atoms. The van der Waals surface area contributed by atoms with Crippen LogP contribution in [0.5, 0.6) is 0 Å². The molecule has 1 saturated heterocycles. The zero-order valence-corrected chi connectivity index (χ0v) is 10.2. The van der Waals surface area contributed by atoms with Crippen LogP contribution in [0, 0.1) is 5.92 Å². The number of nitrogens with zero attached hydrogens (tertiary/aromatic N) is 1. The van der Waals surface area contributed by atoms with Crippen LogP contribution in [0.3, 0.4) is 0 Å². The molecule has 1 aromatic carbocycles. The van der Waals surface area contributed by atoms with Crippen molar-refractivity contribution in [3.05, 3.63) is 48.7 Å². The second-order valence-electron chi connectivity index (χ2n) is 4.55. The fraction of sp³-hybridized carbons (Fsp3) is 0.357. The molecule has 0 unspecified atom stereocenters. The Hall–Kier alpha value is -1.77. The highest BCUT2D eigenvalue weighted by molar-refractivity contribution is 5.73. The van der Waals surface area contributed by atoms with Crippen molar-refractivity contribution in [1.82, 2.24) is 4.90 Å². The van der Waals surface area contributed by atoms with Gasteiger partial charge in [0.05, 0.1) is 0 Å². The number of carbonyl (C=O) groups is 1. The lowest BCUT2D eigenvalue weighted by molar-refractivity contribution is 0.152. The first-order valence-electron chi connectivity index (χ1n) is 5.77. The van der Waals surface area contributed by atoms with E-state index in [2.05, 4.69) is 20.4 Å². The van der Waals surface area contributed by atoms with Gasteiger partial charge in [0.1, 0.15) is 12.1 Å². The lowest BCUT2D eigenvalue weighted by Crippen LogP contribution is -2.45. The Labute approximate surface area is 102 Å². The maximum absolute atomic E-state index is 11.7. The Morgan fingerprint density at radius 1 is 1.41 bits per heavy atom. The molecule has 0 spiro atoms. The molecule has 0 bridgehead atoms. The summed E-state index contributed by atoms with van der Waals surface area (Å²) in [5.41, 5.74) is 0.654. The minimum absolute atomic E-state index is 0.245. The number of carbonyl (C=O) groups excluding carboxylic acids is 1. The number of hydrogen-bond donors (Lipinski definition) is 0. The molecule has 1 aliphatic rings. The summed E-state index contributed by atoms with van der Waals surface area (Å²) in [7, 11) is 0. The maximum Gasteiger partial charge on any atom is 0.414 e. The van der Waals surface area contributed by atoms with Crippen LogP contribution < -0.4 is 0 Å². The van der Waals surface area contributed by atoms with Crippen LogP contribution in [0.25, 0.3) is 0 Å². The van der Waals surface area contributed by atoms with Crippen molar-refractivity contribution < 1.29 is 9.53 Å². The Kier molecular flexibility index (Phi) is 2.92. The monoisotopic (exact) mass is 231 g/mol. The topological polar surface area (TPSA) is 29.5 Å².